The fourth-order valence-electron chi connectivity index (χ4n) is 2.38. The van der Waals surface area contributed by atoms with Crippen LogP contribution in [-0.2, 0) is 0 Å². The van der Waals surface area contributed by atoms with Crippen molar-refractivity contribution in [3.8, 4) is 11.8 Å². The number of hydrogen-bond acceptors (Lipinski definition) is 2. The van der Waals surface area contributed by atoms with Gasteiger partial charge in [0.1, 0.15) is 5.82 Å². The molecule has 1 aliphatic rings. The lowest BCUT2D eigenvalue weighted by atomic mass is 9.93. The number of rotatable bonds is 1. The van der Waals surface area contributed by atoms with E-state index in [-0.39, 0.29) is 23.4 Å². The van der Waals surface area contributed by atoms with Gasteiger partial charge >= 0.3 is 0 Å². The zero-order valence-corrected chi connectivity index (χ0v) is 11.9. The third-order valence-electron chi connectivity index (χ3n) is 3.50. The van der Waals surface area contributed by atoms with Gasteiger partial charge in [-0.1, -0.05) is 25.7 Å². The minimum Gasteiger partial charge on any atom is -0.338 e. The molecule has 106 valence electrons. The van der Waals surface area contributed by atoms with Crippen LogP contribution in [0.5, 0.6) is 0 Å². The average molecular weight is 274 g/mol. The summed E-state index contributed by atoms with van der Waals surface area (Å²) < 4.78 is 13.9. The van der Waals surface area contributed by atoms with E-state index in [1.807, 2.05) is 0 Å². The van der Waals surface area contributed by atoms with Gasteiger partial charge in [0, 0.05) is 18.7 Å². The molecule has 0 aliphatic carbocycles. The van der Waals surface area contributed by atoms with Gasteiger partial charge in [0.15, 0.2) is 0 Å². The van der Waals surface area contributed by atoms with Crippen molar-refractivity contribution in [2.24, 2.45) is 11.1 Å². The number of halogens is 1. The topological polar surface area (TPSA) is 46.3 Å². The quantitative estimate of drug-likeness (QED) is 0.796. The van der Waals surface area contributed by atoms with Crippen LogP contribution in [0.15, 0.2) is 18.2 Å². The molecule has 0 spiro atoms. The van der Waals surface area contributed by atoms with Crippen molar-refractivity contribution < 1.29 is 9.18 Å². The molecule has 0 radical (unpaired) electrons. The fraction of sp³-hybridized carbons (Fsp3) is 0.438. The van der Waals surface area contributed by atoms with Gasteiger partial charge < -0.3 is 10.6 Å². The highest BCUT2D eigenvalue weighted by atomic mass is 19.1. The third kappa shape index (κ3) is 3.17. The van der Waals surface area contributed by atoms with Crippen molar-refractivity contribution in [3.63, 3.8) is 0 Å². The second-order valence-electron chi connectivity index (χ2n) is 5.84. The summed E-state index contributed by atoms with van der Waals surface area (Å²) in [5.41, 5.74) is 6.11. The molecule has 1 saturated heterocycles. The van der Waals surface area contributed by atoms with Crippen molar-refractivity contribution >= 4 is 5.91 Å². The van der Waals surface area contributed by atoms with Gasteiger partial charge in [0.05, 0.1) is 12.1 Å². The number of carbonyl (C=O) groups excluding carboxylic acids is 1. The van der Waals surface area contributed by atoms with Gasteiger partial charge in [-0.3, -0.25) is 4.79 Å². The highest BCUT2D eigenvalue weighted by molar-refractivity contribution is 5.95. The van der Waals surface area contributed by atoms with E-state index in [2.05, 4.69) is 25.7 Å². The van der Waals surface area contributed by atoms with E-state index in [1.165, 1.54) is 12.1 Å². The van der Waals surface area contributed by atoms with Gasteiger partial charge in [-0.15, -0.1) is 0 Å². The van der Waals surface area contributed by atoms with E-state index >= 15 is 0 Å². The Morgan fingerprint density at radius 1 is 1.50 bits per heavy atom. The maximum absolute atomic E-state index is 13.9. The first-order valence-corrected chi connectivity index (χ1v) is 6.71. The Morgan fingerprint density at radius 2 is 2.25 bits per heavy atom. The molecule has 20 heavy (non-hydrogen) atoms. The van der Waals surface area contributed by atoms with Crippen LogP contribution in [0.4, 0.5) is 4.39 Å². The highest BCUT2D eigenvalue weighted by Gasteiger charge is 2.33. The van der Waals surface area contributed by atoms with Crippen LogP contribution in [-0.4, -0.2) is 30.4 Å². The van der Waals surface area contributed by atoms with Crippen LogP contribution >= 0.6 is 0 Å². The molecule has 0 atom stereocenters. The summed E-state index contributed by atoms with van der Waals surface area (Å²) in [4.78, 5) is 14.1. The Morgan fingerprint density at radius 3 is 2.85 bits per heavy atom. The lowest BCUT2D eigenvalue weighted by Crippen LogP contribution is -2.30. The zero-order chi connectivity index (χ0) is 14.8. The largest absolute Gasteiger partial charge is 0.338 e. The van der Waals surface area contributed by atoms with Gasteiger partial charge in [-0.05, 0) is 30.0 Å². The predicted octanol–water partition coefficient (Wildman–Crippen LogP) is 2.01. The second kappa shape index (κ2) is 5.64. The summed E-state index contributed by atoms with van der Waals surface area (Å²) in [5.74, 6) is 4.76. The fourth-order valence-corrected chi connectivity index (χ4v) is 2.38. The number of nitrogens with two attached hydrogens (primary N) is 1. The van der Waals surface area contributed by atoms with Crippen LogP contribution in [0.25, 0.3) is 0 Å². The van der Waals surface area contributed by atoms with Crippen molar-refractivity contribution in [1.82, 2.24) is 4.90 Å². The van der Waals surface area contributed by atoms with Crippen LogP contribution in [0.3, 0.4) is 0 Å². The summed E-state index contributed by atoms with van der Waals surface area (Å²) >= 11 is 0. The molecule has 0 bridgehead atoms. The SMILES string of the molecule is CC1(C)CCN(C(=O)c2cc(C#CCN)ccc2F)C1. The molecular formula is C16H19FN2O. The van der Waals surface area contributed by atoms with Crippen LogP contribution in [0.2, 0.25) is 0 Å². The minimum absolute atomic E-state index is 0.0894. The predicted molar refractivity (Wildman–Crippen MR) is 76.6 cm³/mol. The van der Waals surface area contributed by atoms with E-state index in [0.717, 1.165) is 6.42 Å². The molecule has 1 heterocycles. The van der Waals surface area contributed by atoms with Crippen molar-refractivity contribution in [2.75, 3.05) is 19.6 Å². The van der Waals surface area contributed by atoms with Gasteiger partial charge in [-0.2, -0.15) is 0 Å². The van der Waals surface area contributed by atoms with E-state index < -0.39 is 5.82 Å². The zero-order valence-electron chi connectivity index (χ0n) is 11.9. The molecule has 2 N–H and O–H groups in total. The smallest absolute Gasteiger partial charge is 0.256 e. The number of carbonyl (C=O) groups is 1. The van der Waals surface area contributed by atoms with Gasteiger partial charge in [-0.25, -0.2) is 4.39 Å². The Kier molecular flexibility index (Phi) is 4.10. The summed E-state index contributed by atoms with van der Waals surface area (Å²) in [6, 6.07) is 4.35. The summed E-state index contributed by atoms with van der Waals surface area (Å²) in [6.45, 7) is 5.79. The molecule has 2 rings (SSSR count). The molecule has 1 amide bonds. The molecule has 0 saturated carbocycles. The molecule has 3 nitrogen and oxygen atoms in total. The molecule has 4 heteroatoms. The Hall–Kier alpha value is -1.86. The molecular weight excluding hydrogens is 255 g/mol. The number of amides is 1. The van der Waals surface area contributed by atoms with E-state index in [0.29, 0.717) is 18.7 Å². The summed E-state index contributed by atoms with van der Waals surface area (Å²) in [7, 11) is 0. The maximum Gasteiger partial charge on any atom is 0.256 e. The third-order valence-corrected chi connectivity index (χ3v) is 3.50. The number of hydrogen-bond donors (Lipinski definition) is 1. The Balaban J connectivity index is 2.25. The Bertz CT molecular complexity index is 584. The molecule has 0 unspecified atom stereocenters. The number of benzene rings is 1. The monoisotopic (exact) mass is 274 g/mol. The Labute approximate surface area is 119 Å². The maximum atomic E-state index is 13.9. The summed E-state index contributed by atoms with van der Waals surface area (Å²) in [5, 5.41) is 0. The first kappa shape index (κ1) is 14.5. The normalized spacial score (nSPS) is 16.7. The van der Waals surface area contributed by atoms with Crippen molar-refractivity contribution in [2.45, 2.75) is 20.3 Å². The molecule has 1 aromatic carbocycles. The molecule has 1 aromatic rings. The first-order chi connectivity index (χ1) is 9.43. The van der Waals surface area contributed by atoms with Gasteiger partial charge in [0.25, 0.3) is 5.91 Å². The van der Waals surface area contributed by atoms with E-state index in [4.69, 9.17) is 5.73 Å². The number of nitrogens with zero attached hydrogens (tertiary/aromatic N) is 1. The minimum atomic E-state index is -0.502. The first-order valence-electron chi connectivity index (χ1n) is 6.71. The lowest BCUT2D eigenvalue weighted by molar-refractivity contribution is 0.0773. The second-order valence-corrected chi connectivity index (χ2v) is 5.84. The standard InChI is InChI=1S/C16H19FN2O/c1-16(2)7-9-19(11-16)15(20)13-10-12(4-3-8-18)5-6-14(13)17/h5-6,10H,7-9,11,18H2,1-2H3. The van der Waals surface area contributed by atoms with E-state index in [1.54, 1.807) is 11.0 Å². The van der Waals surface area contributed by atoms with Crippen LogP contribution in [0.1, 0.15) is 36.2 Å². The summed E-state index contributed by atoms with van der Waals surface area (Å²) in [6.07, 6.45) is 0.938. The molecule has 1 aliphatic heterocycles. The van der Waals surface area contributed by atoms with Crippen LogP contribution < -0.4 is 5.73 Å². The van der Waals surface area contributed by atoms with Gasteiger partial charge in [0.2, 0.25) is 0 Å². The molecule has 1 fully saturated rings. The lowest BCUT2D eigenvalue weighted by Gasteiger charge is -2.20. The number of likely N-dealkylation sites (tertiary alicyclic amines) is 1. The average Bonchev–Trinajstić information content (AvgIpc) is 2.77. The van der Waals surface area contributed by atoms with Crippen molar-refractivity contribution in [3.05, 3.63) is 35.1 Å². The molecule has 0 aromatic heterocycles. The van der Waals surface area contributed by atoms with Crippen molar-refractivity contribution in [1.29, 1.82) is 0 Å². The van der Waals surface area contributed by atoms with E-state index in [9.17, 15) is 9.18 Å². The highest BCUT2D eigenvalue weighted by Crippen LogP contribution is 2.30. The van der Waals surface area contributed by atoms with Crippen LogP contribution in [0, 0.1) is 23.1 Å².